The third-order valence-corrected chi connectivity index (χ3v) is 6.25. The zero-order chi connectivity index (χ0) is 20.8. The van der Waals surface area contributed by atoms with Crippen molar-refractivity contribution in [2.75, 3.05) is 45.2 Å². The molecule has 8 nitrogen and oxygen atoms in total. The minimum Gasteiger partial charge on any atom is -0.486 e. The van der Waals surface area contributed by atoms with Crippen molar-refractivity contribution in [1.82, 2.24) is 24.7 Å². The number of benzene rings is 1. The molecule has 0 spiro atoms. The zero-order valence-corrected chi connectivity index (χ0v) is 17.3. The van der Waals surface area contributed by atoms with Crippen LogP contribution in [0.15, 0.2) is 24.3 Å². The molecule has 9 heteroatoms. The number of fused-ring (bicyclic) bond motifs is 3. The first-order valence-electron chi connectivity index (χ1n) is 10.4. The highest BCUT2D eigenvalue weighted by atomic mass is 19.1. The molecule has 0 bridgehead atoms. The molecule has 1 aromatic carbocycles. The first-order valence-corrected chi connectivity index (χ1v) is 10.4. The Bertz CT molecular complexity index is 1060. The smallest absolute Gasteiger partial charge is 0.222 e. The van der Waals surface area contributed by atoms with Crippen LogP contribution >= 0.6 is 0 Å². The zero-order valence-electron chi connectivity index (χ0n) is 17.3. The molecule has 30 heavy (non-hydrogen) atoms. The molecule has 158 valence electrons. The number of halogens is 1. The maximum Gasteiger partial charge on any atom is 0.222 e. The summed E-state index contributed by atoms with van der Waals surface area (Å²) in [5.74, 6) is 1.25. The second-order valence-corrected chi connectivity index (χ2v) is 8.27. The second-order valence-electron chi connectivity index (χ2n) is 8.27. The minimum absolute atomic E-state index is 0.218. The molecule has 0 aliphatic carbocycles. The van der Waals surface area contributed by atoms with Crippen molar-refractivity contribution in [1.29, 1.82) is 0 Å². The molecule has 4 heterocycles. The molecule has 1 unspecified atom stereocenters. The molecule has 5 rings (SSSR count). The number of hydrogen-bond acceptors (Lipinski definition) is 7. The molecule has 2 aliphatic heterocycles. The number of rotatable bonds is 3. The van der Waals surface area contributed by atoms with Crippen molar-refractivity contribution in [2.24, 2.45) is 11.7 Å². The van der Waals surface area contributed by atoms with Crippen molar-refractivity contribution in [2.45, 2.75) is 18.9 Å². The highest BCUT2D eigenvalue weighted by Gasteiger charge is 2.33. The van der Waals surface area contributed by atoms with Gasteiger partial charge in [0.2, 0.25) is 5.65 Å². The molecule has 1 fully saturated rings. The summed E-state index contributed by atoms with van der Waals surface area (Å²) in [6, 6.07) is 5.95. The normalized spacial score (nSPS) is 19.0. The van der Waals surface area contributed by atoms with Gasteiger partial charge in [0.05, 0.1) is 12.6 Å². The number of likely N-dealkylation sites (tertiary alicyclic amines) is 1. The van der Waals surface area contributed by atoms with Crippen LogP contribution in [-0.4, -0.2) is 65.0 Å². The number of hydrogen-bond donors (Lipinski definition) is 1. The summed E-state index contributed by atoms with van der Waals surface area (Å²) in [5.41, 5.74) is 9.79. The lowest BCUT2D eigenvalue weighted by atomic mass is 9.87. The topological polar surface area (TPSA) is 84.8 Å². The molecule has 2 N–H and O–H groups in total. The minimum atomic E-state index is -0.298. The van der Waals surface area contributed by atoms with Crippen LogP contribution in [0.5, 0.6) is 5.75 Å². The SMILES string of the molecule is CN1CCC(C(N)c2nn3c(-c4ccc(F)cc4)nnc3c3c2N(C)CCO3)CC1. The van der Waals surface area contributed by atoms with E-state index in [1.54, 1.807) is 16.6 Å². The summed E-state index contributed by atoms with van der Waals surface area (Å²) >= 11 is 0. The van der Waals surface area contributed by atoms with Gasteiger partial charge in [-0.15, -0.1) is 10.2 Å². The standard InChI is InChI=1S/C21H26FN7O/c1-27-9-7-13(8-10-27)16(23)17-18-19(30-12-11-28(18)2)21-25-24-20(29(21)26-17)14-3-5-15(22)6-4-14/h3-6,13,16H,7-12,23H2,1-2H3. The van der Waals surface area contributed by atoms with Crippen LogP contribution < -0.4 is 15.4 Å². The highest BCUT2D eigenvalue weighted by Crippen LogP contribution is 2.42. The predicted octanol–water partition coefficient (Wildman–Crippen LogP) is 2.10. The lowest BCUT2D eigenvalue weighted by Gasteiger charge is -2.35. The Labute approximate surface area is 174 Å². The van der Waals surface area contributed by atoms with E-state index in [2.05, 4.69) is 27.0 Å². The van der Waals surface area contributed by atoms with E-state index in [4.69, 9.17) is 15.6 Å². The lowest BCUT2D eigenvalue weighted by Crippen LogP contribution is -2.37. The van der Waals surface area contributed by atoms with Crippen molar-refractivity contribution >= 4 is 11.3 Å². The summed E-state index contributed by atoms with van der Waals surface area (Å²) in [4.78, 5) is 4.47. The van der Waals surface area contributed by atoms with Crippen LogP contribution in [0, 0.1) is 11.7 Å². The van der Waals surface area contributed by atoms with Crippen LogP contribution in [0.1, 0.15) is 24.6 Å². The van der Waals surface area contributed by atoms with E-state index in [-0.39, 0.29) is 11.9 Å². The van der Waals surface area contributed by atoms with Gasteiger partial charge in [0, 0.05) is 12.6 Å². The number of anilines is 1. The molecule has 0 amide bonds. The van der Waals surface area contributed by atoms with Crippen LogP contribution in [0.2, 0.25) is 0 Å². The molecule has 3 aromatic rings. The summed E-state index contributed by atoms with van der Waals surface area (Å²) in [6.45, 7) is 3.38. The fourth-order valence-electron chi connectivity index (χ4n) is 4.41. The molecule has 2 aromatic heterocycles. The average Bonchev–Trinajstić information content (AvgIpc) is 3.18. The van der Waals surface area contributed by atoms with Gasteiger partial charge in [0.15, 0.2) is 11.6 Å². The van der Waals surface area contributed by atoms with Crippen molar-refractivity contribution in [3.05, 3.63) is 35.8 Å². The van der Waals surface area contributed by atoms with Crippen LogP contribution in [0.3, 0.4) is 0 Å². The Balaban J connectivity index is 1.66. The molecule has 2 aliphatic rings. The van der Waals surface area contributed by atoms with Gasteiger partial charge in [-0.3, -0.25) is 0 Å². The van der Waals surface area contributed by atoms with Crippen LogP contribution in [-0.2, 0) is 0 Å². The summed E-state index contributed by atoms with van der Waals surface area (Å²) in [7, 11) is 4.17. The number of piperidine rings is 1. The van der Waals surface area contributed by atoms with E-state index in [0.717, 1.165) is 49.4 Å². The molecular weight excluding hydrogens is 385 g/mol. The highest BCUT2D eigenvalue weighted by molar-refractivity contribution is 5.75. The maximum absolute atomic E-state index is 13.4. The quantitative estimate of drug-likeness (QED) is 0.706. The van der Waals surface area contributed by atoms with Gasteiger partial charge < -0.3 is 20.3 Å². The van der Waals surface area contributed by atoms with Gasteiger partial charge in [0.1, 0.15) is 23.8 Å². The Morgan fingerprint density at radius 2 is 1.83 bits per heavy atom. The summed E-state index contributed by atoms with van der Waals surface area (Å²) in [6.07, 6.45) is 2.06. The monoisotopic (exact) mass is 411 g/mol. The first-order chi connectivity index (χ1) is 14.5. The van der Waals surface area contributed by atoms with E-state index in [1.807, 2.05) is 7.05 Å². The lowest BCUT2D eigenvalue weighted by molar-refractivity contribution is 0.197. The van der Waals surface area contributed by atoms with Crippen LogP contribution in [0.25, 0.3) is 17.0 Å². The summed E-state index contributed by atoms with van der Waals surface area (Å²) in [5, 5.41) is 13.6. The van der Waals surface area contributed by atoms with Gasteiger partial charge in [-0.05, 0) is 63.2 Å². The predicted molar refractivity (Wildman–Crippen MR) is 112 cm³/mol. The fraction of sp³-hybridized carbons (Fsp3) is 0.476. The third kappa shape index (κ3) is 3.18. The number of nitrogens with two attached hydrogens (primary N) is 1. The largest absolute Gasteiger partial charge is 0.486 e. The fourth-order valence-corrected chi connectivity index (χ4v) is 4.41. The molecule has 1 saturated heterocycles. The van der Waals surface area contributed by atoms with Crippen molar-refractivity contribution < 1.29 is 9.13 Å². The van der Waals surface area contributed by atoms with E-state index < -0.39 is 0 Å². The summed E-state index contributed by atoms with van der Waals surface area (Å²) < 4.78 is 21.1. The molecular formula is C21H26FN7O. The van der Waals surface area contributed by atoms with Gasteiger partial charge in [0.25, 0.3) is 0 Å². The van der Waals surface area contributed by atoms with Gasteiger partial charge in [-0.25, -0.2) is 4.39 Å². The van der Waals surface area contributed by atoms with E-state index in [9.17, 15) is 4.39 Å². The third-order valence-electron chi connectivity index (χ3n) is 6.25. The number of nitrogens with zero attached hydrogens (tertiary/aromatic N) is 6. The molecule has 0 saturated carbocycles. The Kier molecular flexibility index (Phi) is 4.79. The van der Waals surface area contributed by atoms with E-state index >= 15 is 0 Å². The maximum atomic E-state index is 13.4. The number of likely N-dealkylation sites (N-methyl/N-ethyl adjacent to an activating group) is 1. The average molecular weight is 411 g/mol. The number of aromatic nitrogens is 4. The Hall–Kier alpha value is -2.78. The second kappa shape index (κ2) is 7.48. The number of ether oxygens (including phenoxy) is 1. The van der Waals surface area contributed by atoms with E-state index in [1.165, 1.54) is 12.1 Å². The van der Waals surface area contributed by atoms with Crippen LogP contribution in [0.4, 0.5) is 10.1 Å². The van der Waals surface area contributed by atoms with Gasteiger partial charge in [-0.2, -0.15) is 9.61 Å². The van der Waals surface area contributed by atoms with Gasteiger partial charge in [-0.1, -0.05) is 0 Å². The van der Waals surface area contributed by atoms with Gasteiger partial charge >= 0.3 is 0 Å². The van der Waals surface area contributed by atoms with Crippen molar-refractivity contribution in [3.63, 3.8) is 0 Å². The Morgan fingerprint density at radius 1 is 1.10 bits per heavy atom. The first kappa shape index (κ1) is 19.2. The van der Waals surface area contributed by atoms with E-state index in [0.29, 0.717) is 29.7 Å². The molecule has 0 radical (unpaired) electrons. The molecule has 1 atom stereocenters. The van der Waals surface area contributed by atoms with Crippen molar-refractivity contribution in [3.8, 4) is 17.1 Å². The Morgan fingerprint density at radius 3 is 2.57 bits per heavy atom.